The number of aliphatic hydroxyl groups is 1. The van der Waals surface area contributed by atoms with Crippen molar-refractivity contribution in [1.82, 2.24) is 5.32 Å². The molecular weight excluding hydrogens is 414 g/mol. The molecule has 0 saturated heterocycles. The molecule has 2 aromatic carbocycles. The first-order chi connectivity index (χ1) is 14.8. The second kappa shape index (κ2) is 8.30. The molecule has 0 radical (unpaired) electrons. The Hall–Kier alpha value is -2.34. The smallest absolute Gasteiger partial charge is 0.256 e. The van der Waals surface area contributed by atoms with Crippen LogP contribution in [0.4, 0.5) is 0 Å². The van der Waals surface area contributed by atoms with Crippen molar-refractivity contribution >= 4 is 23.1 Å². The summed E-state index contributed by atoms with van der Waals surface area (Å²) in [5.41, 5.74) is 2.90. The molecule has 1 saturated carbocycles. The van der Waals surface area contributed by atoms with Gasteiger partial charge in [0.2, 0.25) is 0 Å². The highest BCUT2D eigenvalue weighted by Gasteiger charge is 2.51. The second-order valence-corrected chi connectivity index (χ2v) is 9.05. The summed E-state index contributed by atoms with van der Waals surface area (Å²) in [4.78, 5) is 13.1. The van der Waals surface area contributed by atoms with Crippen molar-refractivity contribution in [1.29, 1.82) is 0 Å². The Balaban J connectivity index is 1.70. The van der Waals surface area contributed by atoms with Crippen LogP contribution in [0, 0.1) is 6.92 Å². The van der Waals surface area contributed by atoms with E-state index in [4.69, 9.17) is 21.1 Å². The second-order valence-electron chi connectivity index (χ2n) is 8.62. The third-order valence-electron chi connectivity index (χ3n) is 6.81. The average molecular weight is 442 g/mol. The Kier molecular flexibility index (Phi) is 5.86. The molecule has 2 aliphatic rings. The Bertz CT molecular complexity index is 1020. The van der Waals surface area contributed by atoms with Crippen LogP contribution in [0.5, 0.6) is 0 Å². The summed E-state index contributed by atoms with van der Waals surface area (Å²) in [7, 11) is 3.35. The van der Waals surface area contributed by atoms with Crippen molar-refractivity contribution in [3.8, 4) is 11.1 Å². The number of rotatable bonds is 5. The number of carbonyl (C=O) groups excluding carboxylic acids is 1. The standard InChI is InChI=1S/C25H28ClNO4/c1-16-4-5-18(17-6-8-19(26)9-7-17)14-20(16)21-22(28)25(27-23(21)29)12-10-24(31-3,11-13-25)15-30-2/h4-9,14,28H,10-13,15H2,1-3H3,(H,27,29)/t24-,25-. The van der Waals surface area contributed by atoms with E-state index in [2.05, 4.69) is 5.32 Å². The van der Waals surface area contributed by atoms with Crippen LogP contribution in [0.3, 0.4) is 0 Å². The van der Waals surface area contributed by atoms with Crippen molar-refractivity contribution in [2.75, 3.05) is 20.8 Å². The van der Waals surface area contributed by atoms with Crippen LogP contribution >= 0.6 is 11.6 Å². The van der Waals surface area contributed by atoms with E-state index in [1.807, 2.05) is 49.4 Å². The molecule has 4 rings (SSSR count). The zero-order valence-electron chi connectivity index (χ0n) is 18.1. The van der Waals surface area contributed by atoms with E-state index in [1.165, 1.54) is 0 Å². The molecule has 0 aromatic heterocycles. The van der Waals surface area contributed by atoms with E-state index in [0.717, 1.165) is 22.3 Å². The molecule has 31 heavy (non-hydrogen) atoms. The highest BCUT2D eigenvalue weighted by atomic mass is 35.5. The van der Waals surface area contributed by atoms with Crippen LogP contribution in [0.2, 0.25) is 5.02 Å². The summed E-state index contributed by atoms with van der Waals surface area (Å²) in [6, 6.07) is 13.5. The number of carbonyl (C=O) groups is 1. The summed E-state index contributed by atoms with van der Waals surface area (Å²) in [5.74, 6) is -0.0958. The van der Waals surface area contributed by atoms with Crippen LogP contribution < -0.4 is 5.32 Å². The molecule has 0 atom stereocenters. The van der Waals surface area contributed by atoms with Gasteiger partial charge in [-0.2, -0.15) is 0 Å². The number of hydrogen-bond acceptors (Lipinski definition) is 4. The van der Waals surface area contributed by atoms with Crippen LogP contribution in [0.15, 0.2) is 48.2 Å². The van der Waals surface area contributed by atoms with Gasteiger partial charge in [-0.15, -0.1) is 0 Å². The van der Waals surface area contributed by atoms with Gasteiger partial charge < -0.3 is 19.9 Å². The van der Waals surface area contributed by atoms with Crippen molar-refractivity contribution in [3.63, 3.8) is 0 Å². The van der Waals surface area contributed by atoms with E-state index in [9.17, 15) is 9.90 Å². The molecule has 0 unspecified atom stereocenters. The van der Waals surface area contributed by atoms with Gasteiger partial charge in [0.15, 0.2) is 0 Å². The summed E-state index contributed by atoms with van der Waals surface area (Å²) in [6.07, 6.45) is 2.58. The van der Waals surface area contributed by atoms with Gasteiger partial charge in [0.25, 0.3) is 5.91 Å². The van der Waals surface area contributed by atoms with E-state index in [1.54, 1.807) is 14.2 Å². The Labute approximate surface area is 188 Å². The lowest BCUT2D eigenvalue weighted by molar-refractivity contribution is -0.119. The zero-order valence-corrected chi connectivity index (χ0v) is 18.9. The van der Waals surface area contributed by atoms with Gasteiger partial charge in [0.1, 0.15) is 5.76 Å². The fraction of sp³-hybridized carbons (Fsp3) is 0.400. The third kappa shape index (κ3) is 3.86. The van der Waals surface area contributed by atoms with Crippen LogP contribution in [0.25, 0.3) is 16.7 Å². The fourth-order valence-corrected chi connectivity index (χ4v) is 4.94. The molecule has 1 fully saturated rings. The van der Waals surface area contributed by atoms with Gasteiger partial charge in [0, 0.05) is 19.2 Å². The number of hydrogen-bond donors (Lipinski definition) is 2. The van der Waals surface area contributed by atoms with Gasteiger partial charge >= 0.3 is 0 Å². The highest BCUT2D eigenvalue weighted by molar-refractivity contribution is 6.30. The molecule has 5 nitrogen and oxygen atoms in total. The summed E-state index contributed by atoms with van der Waals surface area (Å²) < 4.78 is 11.1. The molecule has 1 heterocycles. The summed E-state index contributed by atoms with van der Waals surface area (Å²) >= 11 is 6.02. The van der Waals surface area contributed by atoms with Crippen molar-refractivity contribution < 1.29 is 19.4 Å². The van der Waals surface area contributed by atoms with E-state index < -0.39 is 5.54 Å². The third-order valence-corrected chi connectivity index (χ3v) is 7.06. The number of methoxy groups -OCH3 is 2. The minimum atomic E-state index is -0.745. The van der Waals surface area contributed by atoms with E-state index in [0.29, 0.717) is 42.9 Å². The zero-order chi connectivity index (χ0) is 22.2. The maximum atomic E-state index is 13.1. The first-order valence-corrected chi connectivity index (χ1v) is 10.9. The number of ether oxygens (including phenoxy) is 2. The average Bonchev–Trinajstić information content (AvgIpc) is 3.01. The van der Waals surface area contributed by atoms with Crippen molar-refractivity contribution in [2.24, 2.45) is 0 Å². The molecule has 2 N–H and O–H groups in total. The first-order valence-electron chi connectivity index (χ1n) is 10.5. The van der Waals surface area contributed by atoms with Gasteiger partial charge in [-0.25, -0.2) is 0 Å². The minimum absolute atomic E-state index is 0.135. The molecule has 2 aromatic rings. The molecular formula is C25H28ClNO4. The predicted molar refractivity (Wildman–Crippen MR) is 122 cm³/mol. The van der Waals surface area contributed by atoms with Crippen LogP contribution in [0.1, 0.15) is 36.8 Å². The number of nitrogens with one attached hydrogen (secondary N) is 1. The first kappa shape index (κ1) is 21.9. The number of halogens is 1. The molecule has 0 bridgehead atoms. The van der Waals surface area contributed by atoms with Crippen molar-refractivity contribution in [2.45, 2.75) is 43.7 Å². The topological polar surface area (TPSA) is 67.8 Å². The number of amides is 1. The number of aliphatic hydroxyl groups excluding tert-OH is 1. The maximum Gasteiger partial charge on any atom is 0.256 e. The Morgan fingerprint density at radius 2 is 1.68 bits per heavy atom. The lowest BCUT2D eigenvalue weighted by Crippen LogP contribution is -2.53. The van der Waals surface area contributed by atoms with Crippen molar-refractivity contribution in [3.05, 3.63) is 64.4 Å². The van der Waals surface area contributed by atoms with E-state index >= 15 is 0 Å². The highest BCUT2D eigenvalue weighted by Crippen LogP contribution is 2.46. The SMILES string of the molecule is COC[C@]1(OC)CC[C@@]2(CC1)NC(=O)C(c1cc(-c3ccc(Cl)cc3)ccc1C)=C2O. The molecule has 6 heteroatoms. The van der Waals surface area contributed by atoms with Crippen LogP contribution in [-0.2, 0) is 14.3 Å². The quantitative estimate of drug-likeness (QED) is 0.680. The fourth-order valence-electron chi connectivity index (χ4n) is 4.81. The molecule has 1 aliphatic heterocycles. The predicted octanol–water partition coefficient (Wildman–Crippen LogP) is 5.06. The maximum absolute atomic E-state index is 13.1. The Morgan fingerprint density at radius 1 is 1.03 bits per heavy atom. The van der Waals surface area contributed by atoms with Gasteiger partial charge in [0.05, 0.1) is 23.3 Å². The number of benzene rings is 2. The van der Waals surface area contributed by atoms with E-state index in [-0.39, 0.29) is 17.3 Å². The largest absolute Gasteiger partial charge is 0.509 e. The monoisotopic (exact) mass is 441 g/mol. The van der Waals surface area contributed by atoms with Gasteiger partial charge in [-0.05, 0) is 73.1 Å². The number of aryl methyl sites for hydroxylation is 1. The minimum Gasteiger partial charge on any atom is -0.509 e. The Morgan fingerprint density at radius 3 is 2.29 bits per heavy atom. The van der Waals surface area contributed by atoms with Crippen LogP contribution in [-0.4, -0.2) is 43.0 Å². The van der Waals surface area contributed by atoms with Gasteiger partial charge in [-0.3, -0.25) is 4.79 Å². The lowest BCUT2D eigenvalue weighted by atomic mass is 9.73. The molecule has 164 valence electrons. The molecule has 1 amide bonds. The molecule has 1 aliphatic carbocycles. The normalized spacial score (nSPS) is 25.9. The van der Waals surface area contributed by atoms with Gasteiger partial charge in [-0.1, -0.05) is 35.9 Å². The molecule has 1 spiro atoms. The summed E-state index contributed by atoms with van der Waals surface area (Å²) in [5, 5.41) is 15.1. The summed E-state index contributed by atoms with van der Waals surface area (Å²) in [6.45, 7) is 2.45. The lowest BCUT2D eigenvalue weighted by Gasteiger charge is -2.43.